The normalized spacial score (nSPS) is 12.7. The third-order valence-electron chi connectivity index (χ3n) is 2.69. The summed E-state index contributed by atoms with van der Waals surface area (Å²) in [5, 5.41) is 9.43. The smallest absolute Gasteiger partial charge is 0.112 e. The Balaban J connectivity index is 2.35. The Bertz CT molecular complexity index is 457. The van der Waals surface area contributed by atoms with E-state index in [9.17, 15) is 5.11 Å². The van der Waals surface area contributed by atoms with Crippen molar-refractivity contribution >= 4 is 0 Å². The average molecular weight is 216 g/mol. The second-order valence-corrected chi connectivity index (χ2v) is 3.83. The summed E-state index contributed by atoms with van der Waals surface area (Å²) in [5.74, 6) is 1.05. The number of hydrogen-bond acceptors (Lipinski definition) is 2. The van der Waals surface area contributed by atoms with Crippen molar-refractivity contribution in [3.63, 3.8) is 0 Å². The highest BCUT2D eigenvalue weighted by Gasteiger charge is 2.04. The van der Waals surface area contributed by atoms with Crippen LogP contribution in [0.5, 0.6) is 0 Å². The quantitative estimate of drug-likeness (QED) is 0.856. The van der Waals surface area contributed by atoms with Gasteiger partial charge in [-0.15, -0.1) is 0 Å². The minimum Gasteiger partial charge on any atom is -0.389 e. The second kappa shape index (κ2) is 4.49. The van der Waals surface area contributed by atoms with Gasteiger partial charge < -0.3 is 9.67 Å². The highest BCUT2D eigenvalue weighted by Crippen LogP contribution is 2.16. The van der Waals surface area contributed by atoms with Gasteiger partial charge in [-0.3, -0.25) is 0 Å². The van der Waals surface area contributed by atoms with Crippen LogP contribution in [0.1, 0.15) is 31.3 Å². The summed E-state index contributed by atoms with van der Waals surface area (Å²) in [6, 6.07) is 7.89. The molecule has 1 aromatic heterocycles. The summed E-state index contributed by atoms with van der Waals surface area (Å²) in [4.78, 5) is 4.28. The fourth-order valence-electron chi connectivity index (χ4n) is 1.74. The molecule has 0 amide bonds. The number of aryl methyl sites for hydroxylation is 1. The molecule has 16 heavy (non-hydrogen) atoms. The SMILES string of the molecule is CCc1nccn1-c1ccc([C@H](C)O)cc1. The van der Waals surface area contributed by atoms with E-state index in [4.69, 9.17) is 0 Å². The first kappa shape index (κ1) is 10.9. The summed E-state index contributed by atoms with van der Waals surface area (Å²) in [5.41, 5.74) is 2.01. The van der Waals surface area contributed by atoms with E-state index >= 15 is 0 Å². The molecule has 0 bridgehead atoms. The number of nitrogens with zero attached hydrogens (tertiary/aromatic N) is 2. The zero-order valence-corrected chi connectivity index (χ0v) is 9.59. The van der Waals surface area contributed by atoms with E-state index in [0.717, 1.165) is 23.5 Å². The van der Waals surface area contributed by atoms with Crippen molar-refractivity contribution in [1.29, 1.82) is 0 Å². The molecule has 0 aliphatic rings. The second-order valence-electron chi connectivity index (χ2n) is 3.83. The van der Waals surface area contributed by atoms with Gasteiger partial charge in [0.2, 0.25) is 0 Å². The summed E-state index contributed by atoms with van der Waals surface area (Å²) >= 11 is 0. The molecule has 0 aliphatic carbocycles. The van der Waals surface area contributed by atoms with E-state index in [-0.39, 0.29) is 0 Å². The van der Waals surface area contributed by atoms with Crippen LogP contribution in [0.15, 0.2) is 36.7 Å². The molecule has 3 heteroatoms. The zero-order valence-electron chi connectivity index (χ0n) is 9.59. The van der Waals surface area contributed by atoms with Gasteiger partial charge in [-0.25, -0.2) is 4.98 Å². The van der Waals surface area contributed by atoms with Crippen LogP contribution in [0, 0.1) is 0 Å². The summed E-state index contributed by atoms with van der Waals surface area (Å²) in [6.45, 7) is 3.85. The first-order valence-corrected chi connectivity index (χ1v) is 5.53. The molecule has 2 rings (SSSR count). The van der Waals surface area contributed by atoms with Gasteiger partial charge >= 0.3 is 0 Å². The predicted octanol–water partition coefficient (Wildman–Crippen LogP) is 2.49. The van der Waals surface area contributed by atoms with Crippen molar-refractivity contribution in [2.45, 2.75) is 26.4 Å². The van der Waals surface area contributed by atoms with Crippen molar-refractivity contribution in [1.82, 2.24) is 9.55 Å². The minimum atomic E-state index is -0.414. The molecule has 1 aromatic carbocycles. The number of aliphatic hydroxyl groups excluding tert-OH is 1. The molecule has 0 saturated heterocycles. The van der Waals surface area contributed by atoms with Gasteiger partial charge in [-0.05, 0) is 24.6 Å². The molecule has 1 N–H and O–H groups in total. The third-order valence-corrected chi connectivity index (χ3v) is 2.69. The highest BCUT2D eigenvalue weighted by molar-refractivity contribution is 5.36. The number of rotatable bonds is 3. The van der Waals surface area contributed by atoms with Gasteiger partial charge in [0.1, 0.15) is 5.82 Å². The van der Waals surface area contributed by atoms with E-state index < -0.39 is 6.10 Å². The highest BCUT2D eigenvalue weighted by atomic mass is 16.3. The summed E-state index contributed by atoms with van der Waals surface area (Å²) in [6.07, 6.45) is 4.26. The van der Waals surface area contributed by atoms with Crippen LogP contribution >= 0.6 is 0 Å². The Morgan fingerprint density at radius 1 is 1.31 bits per heavy atom. The Kier molecular flexibility index (Phi) is 3.06. The molecule has 0 aliphatic heterocycles. The molecule has 0 saturated carbocycles. The third kappa shape index (κ3) is 1.99. The van der Waals surface area contributed by atoms with Gasteiger partial charge in [-0.1, -0.05) is 19.1 Å². The van der Waals surface area contributed by atoms with Crippen LogP contribution in [0.4, 0.5) is 0 Å². The van der Waals surface area contributed by atoms with Gasteiger partial charge in [0, 0.05) is 24.5 Å². The van der Waals surface area contributed by atoms with Crippen LogP contribution in [-0.4, -0.2) is 14.7 Å². The lowest BCUT2D eigenvalue weighted by molar-refractivity contribution is 0.199. The molecule has 1 heterocycles. The van der Waals surface area contributed by atoms with E-state index in [1.165, 1.54) is 0 Å². The van der Waals surface area contributed by atoms with Gasteiger partial charge in [0.15, 0.2) is 0 Å². The van der Waals surface area contributed by atoms with Crippen molar-refractivity contribution in [2.24, 2.45) is 0 Å². The van der Waals surface area contributed by atoms with Crippen LogP contribution < -0.4 is 0 Å². The summed E-state index contributed by atoms with van der Waals surface area (Å²) in [7, 11) is 0. The molecule has 3 nitrogen and oxygen atoms in total. The predicted molar refractivity (Wildman–Crippen MR) is 63.6 cm³/mol. The Labute approximate surface area is 95.4 Å². The van der Waals surface area contributed by atoms with Crippen molar-refractivity contribution in [3.05, 3.63) is 48.0 Å². The maximum atomic E-state index is 9.43. The molecule has 2 aromatic rings. The topological polar surface area (TPSA) is 38.0 Å². The fourth-order valence-corrected chi connectivity index (χ4v) is 1.74. The van der Waals surface area contributed by atoms with Gasteiger partial charge in [-0.2, -0.15) is 0 Å². The maximum Gasteiger partial charge on any atom is 0.112 e. The van der Waals surface area contributed by atoms with Gasteiger partial charge in [0.25, 0.3) is 0 Å². The molecule has 1 atom stereocenters. The number of aromatic nitrogens is 2. The number of hydrogen-bond donors (Lipinski definition) is 1. The molecule has 0 radical (unpaired) electrons. The lowest BCUT2D eigenvalue weighted by Crippen LogP contribution is -1.99. The van der Waals surface area contributed by atoms with Crippen LogP contribution in [0.25, 0.3) is 5.69 Å². The molecule has 0 fully saturated rings. The number of aliphatic hydroxyl groups is 1. The van der Waals surface area contributed by atoms with Crippen LogP contribution in [0.2, 0.25) is 0 Å². The van der Waals surface area contributed by atoms with E-state index in [1.54, 1.807) is 13.1 Å². The van der Waals surface area contributed by atoms with Crippen molar-refractivity contribution in [3.8, 4) is 5.69 Å². The lowest BCUT2D eigenvalue weighted by Gasteiger charge is -2.09. The Morgan fingerprint density at radius 2 is 2.00 bits per heavy atom. The van der Waals surface area contributed by atoms with E-state index in [0.29, 0.717) is 0 Å². The first-order valence-electron chi connectivity index (χ1n) is 5.53. The molecule has 0 spiro atoms. The minimum absolute atomic E-state index is 0.414. The van der Waals surface area contributed by atoms with Crippen LogP contribution in [0.3, 0.4) is 0 Å². The largest absolute Gasteiger partial charge is 0.389 e. The lowest BCUT2D eigenvalue weighted by atomic mass is 10.1. The Morgan fingerprint density at radius 3 is 2.56 bits per heavy atom. The monoisotopic (exact) mass is 216 g/mol. The maximum absolute atomic E-state index is 9.43. The standard InChI is InChI=1S/C13H16N2O/c1-3-13-14-8-9-15(13)12-6-4-11(5-7-12)10(2)16/h4-10,16H,3H2,1-2H3/t10-/m0/s1. The fraction of sp³-hybridized carbons (Fsp3) is 0.308. The van der Waals surface area contributed by atoms with Gasteiger partial charge in [0.05, 0.1) is 6.10 Å². The van der Waals surface area contributed by atoms with Crippen LogP contribution in [-0.2, 0) is 6.42 Å². The number of imidazole rings is 1. The molecule has 84 valence electrons. The number of benzene rings is 1. The van der Waals surface area contributed by atoms with Crippen molar-refractivity contribution < 1.29 is 5.11 Å². The molecular formula is C13H16N2O. The average Bonchev–Trinajstić information content (AvgIpc) is 2.77. The Hall–Kier alpha value is -1.61. The first-order chi connectivity index (χ1) is 7.72. The molecular weight excluding hydrogens is 200 g/mol. The van der Waals surface area contributed by atoms with E-state index in [1.807, 2.05) is 30.5 Å². The molecule has 0 unspecified atom stereocenters. The van der Waals surface area contributed by atoms with Crippen molar-refractivity contribution in [2.75, 3.05) is 0 Å². The zero-order chi connectivity index (χ0) is 11.5. The summed E-state index contributed by atoms with van der Waals surface area (Å²) < 4.78 is 2.06. The van der Waals surface area contributed by atoms with E-state index in [2.05, 4.69) is 16.5 Å².